The largest absolute Gasteiger partial charge is 0.277 e. The van der Waals surface area contributed by atoms with Crippen molar-refractivity contribution in [3.8, 4) is 6.07 Å². The van der Waals surface area contributed by atoms with Crippen LogP contribution in [-0.2, 0) is 11.2 Å². The van der Waals surface area contributed by atoms with Gasteiger partial charge in [-0.25, -0.2) is 4.39 Å². The summed E-state index contributed by atoms with van der Waals surface area (Å²) >= 11 is 0. The van der Waals surface area contributed by atoms with Crippen molar-refractivity contribution in [1.29, 1.82) is 5.26 Å². The van der Waals surface area contributed by atoms with Gasteiger partial charge in [-0.05, 0) is 74.1 Å². The van der Waals surface area contributed by atoms with Gasteiger partial charge < -0.3 is 0 Å². The van der Waals surface area contributed by atoms with Gasteiger partial charge in [-0.3, -0.25) is 9.79 Å². The SMILES string of the molecule is C=C(C)/C(=C(/C)CC)c1cc(C2=NC(C)=C(C(=O)C#N)C2C)ccc1Cc1cc(C)ccc1F. The molecule has 1 aliphatic heterocycles. The second kappa shape index (κ2) is 10.1. The Morgan fingerprint density at radius 3 is 2.47 bits per heavy atom. The molecule has 0 amide bonds. The Morgan fingerprint density at radius 1 is 1.15 bits per heavy atom. The van der Waals surface area contributed by atoms with Crippen LogP contribution in [0, 0.1) is 30.0 Å². The van der Waals surface area contributed by atoms with Crippen molar-refractivity contribution in [2.75, 3.05) is 0 Å². The monoisotopic (exact) mass is 454 g/mol. The first-order valence-electron chi connectivity index (χ1n) is 11.6. The maximum atomic E-state index is 14.6. The molecule has 1 atom stereocenters. The normalized spacial score (nSPS) is 16.2. The van der Waals surface area contributed by atoms with Crippen molar-refractivity contribution in [3.63, 3.8) is 0 Å². The molecular formula is C30H31FN2O. The molecule has 0 spiro atoms. The fourth-order valence-corrected chi connectivity index (χ4v) is 4.69. The van der Waals surface area contributed by atoms with Gasteiger partial charge in [-0.2, -0.15) is 5.26 Å². The van der Waals surface area contributed by atoms with E-state index in [4.69, 9.17) is 5.26 Å². The van der Waals surface area contributed by atoms with Crippen LogP contribution in [0.15, 0.2) is 70.4 Å². The molecule has 3 nitrogen and oxygen atoms in total. The topological polar surface area (TPSA) is 53.2 Å². The van der Waals surface area contributed by atoms with Gasteiger partial charge in [0.2, 0.25) is 0 Å². The number of aryl methyl sites for hydroxylation is 1. The first-order valence-corrected chi connectivity index (χ1v) is 11.6. The van der Waals surface area contributed by atoms with E-state index in [-0.39, 0.29) is 11.7 Å². The number of hydrogen-bond donors (Lipinski definition) is 0. The summed E-state index contributed by atoms with van der Waals surface area (Å²) in [5.74, 6) is -1.04. The van der Waals surface area contributed by atoms with E-state index >= 15 is 0 Å². The van der Waals surface area contributed by atoms with Crippen molar-refractivity contribution in [2.24, 2.45) is 10.9 Å². The first-order chi connectivity index (χ1) is 16.1. The van der Waals surface area contributed by atoms with Crippen LogP contribution in [0.25, 0.3) is 5.57 Å². The van der Waals surface area contributed by atoms with E-state index in [1.165, 1.54) is 11.6 Å². The highest BCUT2D eigenvalue weighted by molar-refractivity contribution is 6.17. The molecule has 0 aromatic heterocycles. The Bertz CT molecular complexity index is 1320. The predicted molar refractivity (Wildman–Crippen MR) is 137 cm³/mol. The summed E-state index contributed by atoms with van der Waals surface area (Å²) < 4.78 is 14.6. The number of allylic oxidation sites excluding steroid dienone is 5. The minimum absolute atomic E-state index is 0.220. The van der Waals surface area contributed by atoms with E-state index in [0.717, 1.165) is 45.5 Å². The first kappa shape index (κ1) is 25.1. The van der Waals surface area contributed by atoms with Crippen LogP contribution < -0.4 is 0 Å². The molecule has 0 saturated carbocycles. The molecule has 0 fully saturated rings. The number of ketones is 1. The molecule has 3 rings (SSSR count). The van der Waals surface area contributed by atoms with E-state index < -0.39 is 5.78 Å². The van der Waals surface area contributed by atoms with Gasteiger partial charge in [0.05, 0.1) is 5.71 Å². The van der Waals surface area contributed by atoms with E-state index in [1.54, 1.807) is 19.1 Å². The molecule has 4 heteroatoms. The van der Waals surface area contributed by atoms with E-state index in [0.29, 0.717) is 23.3 Å². The van der Waals surface area contributed by atoms with Crippen LogP contribution in [0.5, 0.6) is 0 Å². The van der Waals surface area contributed by atoms with Gasteiger partial charge in [0.1, 0.15) is 11.9 Å². The second-order valence-electron chi connectivity index (χ2n) is 9.09. The fraction of sp³-hybridized carbons (Fsp3) is 0.300. The fourth-order valence-electron chi connectivity index (χ4n) is 4.69. The number of benzene rings is 2. The van der Waals surface area contributed by atoms with Gasteiger partial charge in [0, 0.05) is 23.6 Å². The lowest BCUT2D eigenvalue weighted by atomic mass is 9.84. The van der Waals surface area contributed by atoms with Crippen LogP contribution in [0.3, 0.4) is 0 Å². The molecule has 0 N–H and O–H groups in total. The number of rotatable bonds is 7. The predicted octanol–water partition coefficient (Wildman–Crippen LogP) is 7.29. The van der Waals surface area contributed by atoms with Gasteiger partial charge >= 0.3 is 0 Å². The Morgan fingerprint density at radius 2 is 1.85 bits per heavy atom. The Kier molecular flexibility index (Phi) is 7.47. The third kappa shape index (κ3) is 4.84. The minimum atomic E-state index is -0.542. The van der Waals surface area contributed by atoms with Crippen molar-refractivity contribution in [1.82, 2.24) is 0 Å². The number of hydrogen-bond acceptors (Lipinski definition) is 3. The quantitative estimate of drug-likeness (QED) is 0.326. The van der Waals surface area contributed by atoms with Crippen LogP contribution >= 0.6 is 0 Å². The number of Topliss-reactive ketones (excluding diaryl/α,β-unsaturated/α-hetero) is 1. The number of nitriles is 1. The Balaban J connectivity index is 2.18. The van der Waals surface area contributed by atoms with Crippen LogP contribution in [0.4, 0.5) is 4.39 Å². The molecule has 1 heterocycles. The van der Waals surface area contributed by atoms with Gasteiger partial charge in [-0.15, -0.1) is 0 Å². The molecule has 0 saturated heterocycles. The average Bonchev–Trinajstić information content (AvgIpc) is 3.10. The third-order valence-electron chi connectivity index (χ3n) is 6.51. The van der Waals surface area contributed by atoms with Gasteiger partial charge in [0.15, 0.2) is 0 Å². The summed E-state index contributed by atoms with van der Waals surface area (Å²) in [6, 6.07) is 13.0. The van der Waals surface area contributed by atoms with Crippen LogP contribution in [-0.4, -0.2) is 11.5 Å². The maximum absolute atomic E-state index is 14.6. The summed E-state index contributed by atoms with van der Waals surface area (Å²) in [7, 11) is 0. The Hall–Kier alpha value is -3.58. The smallest absolute Gasteiger partial charge is 0.260 e. The number of halogens is 1. The molecule has 1 unspecified atom stereocenters. The molecule has 0 bridgehead atoms. The standard InChI is InChI=1S/C30H31FN2O/c1-8-19(5)28(17(2)3)25-15-23(30-20(6)29(21(7)33-30)27(34)16-32)11-10-22(25)14-24-13-18(4)9-12-26(24)31/h9-13,15,20H,2,8,14H2,1,3-7H3/b28-19+. The summed E-state index contributed by atoms with van der Waals surface area (Å²) in [4.78, 5) is 16.8. The summed E-state index contributed by atoms with van der Waals surface area (Å²) in [6.45, 7) is 16.1. The Labute approximate surface area is 202 Å². The molecular weight excluding hydrogens is 423 g/mol. The summed E-state index contributed by atoms with van der Waals surface area (Å²) in [5, 5.41) is 9.14. The van der Waals surface area contributed by atoms with Crippen LogP contribution in [0.2, 0.25) is 0 Å². The van der Waals surface area contributed by atoms with Crippen molar-refractivity contribution in [3.05, 3.63) is 99.0 Å². The minimum Gasteiger partial charge on any atom is -0.277 e. The second-order valence-corrected chi connectivity index (χ2v) is 9.09. The molecule has 1 aliphatic rings. The zero-order chi connectivity index (χ0) is 25.2. The van der Waals surface area contributed by atoms with Crippen LogP contribution in [0.1, 0.15) is 68.9 Å². The number of aliphatic imine (C=N–C) groups is 1. The van der Waals surface area contributed by atoms with E-state index in [1.807, 2.05) is 39.0 Å². The zero-order valence-corrected chi connectivity index (χ0v) is 20.8. The molecule has 0 aliphatic carbocycles. The number of carbonyl (C=O) groups excluding carboxylic acids is 1. The number of carbonyl (C=O) groups is 1. The lowest BCUT2D eigenvalue weighted by molar-refractivity contribution is -0.111. The van der Waals surface area contributed by atoms with Crippen molar-refractivity contribution < 1.29 is 9.18 Å². The molecule has 2 aromatic carbocycles. The van der Waals surface area contributed by atoms with Gasteiger partial charge in [0.25, 0.3) is 5.78 Å². The third-order valence-corrected chi connectivity index (χ3v) is 6.51. The summed E-state index contributed by atoms with van der Waals surface area (Å²) in [5.41, 5.74) is 9.56. The highest BCUT2D eigenvalue weighted by Gasteiger charge is 2.30. The highest BCUT2D eigenvalue weighted by Crippen LogP contribution is 2.35. The molecule has 174 valence electrons. The zero-order valence-electron chi connectivity index (χ0n) is 20.8. The molecule has 34 heavy (non-hydrogen) atoms. The lowest BCUT2D eigenvalue weighted by Crippen LogP contribution is -2.16. The molecule has 0 radical (unpaired) electrons. The van der Waals surface area contributed by atoms with E-state index in [9.17, 15) is 9.18 Å². The maximum Gasteiger partial charge on any atom is 0.260 e. The number of nitrogens with zero attached hydrogens (tertiary/aromatic N) is 2. The van der Waals surface area contributed by atoms with Crippen molar-refractivity contribution >= 4 is 17.1 Å². The summed E-state index contributed by atoms with van der Waals surface area (Å²) in [6.07, 6.45) is 1.32. The van der Waals surface area contributed by atoms with Crippen molar-refractivity contribution in [2.45, 2.75) is 54.4 Å². The molecule has 2 aromatic rings. The van der Waals surface area contributed by atoms with E-state index in [2.05, 4.69) is 31.5 Å². The highest BCUT2D eigenvalue weighted by atomic mass is 19.1. The van der Waals surface area contributed by atoms with Gasteiger partial charge in [-0.1, -0.05) is 61.4 Å². The average molecular weight is 455 g/mol. The lowest BCUT2D eigenvalue weighted by Gasteiger charge is -2.19.